The Bertz CT molecular complexity index is 615. The van der Waals surface area contributed by atoms with E-state index < -0.39 is 44.9 Å². The first kappa shape index (κ1) is 20.3. The van der Waals surface area contributed by atoms with Crippen LogP contribution < -0.4 is 23.4 Å². The first-order chi connectivity index (χ1) is 10.2. The van der Waals surface area contributed by atoms with E-state index in [0.717, 1.165) is 0 Å². The number of carboxylic acids is 1. The Morgan fingerprint density at radius 2 is 2.04 bits per heavy atom. The number of phosphoric acid groups is 1. The second-order valence-electron chi connectivity index (χ2n) is 4.68. The number of pyridine rings is 1. The zero-order valence-electron chi connectivity index (χ0n) is 13.1. The van der Waals surface area contributed by atoms with Gasteiger partial charge >= 0.3 is 32.7 Å². The Kier molecular flexibility index (Phi) is 6.91. The summed E-state index contributed by atoms with van der Waals surface area (Å²) in [7, 11) is -4.73. The normalized spacial score (nSPS) is 27.5. The smallest absolute Gasteiger partial charge is 1.00 e. The van der Waals surface area contributed by atoms with Crippen molar-refractivity contribution in [1.82, 2.24) is 0 Å². The van der Waals surface area contributed by atoms with Crippen molar-refractivity contribution in [2.45, 2.75) is 24.5 Å². The van der Waals surface area contributed by atoms with Gasteiger partial charge in [0.25, 0.3) is 6.23 Å². The summed E-state index contributed by atoms with van der Waals surface area (Å²) in [5, 5.41) is 28.7. The minimum absolute atomic E-state index is 0. The van der Waals surface area contributed by atoms with Gasteiger partial charge in [-0.05, 0) is 6.07 Å². The minimum atomic E-state index is -4.73. The minimum Gasteiger partial charge on any atom is -1.00 e. The van der Waals surface area contributed by atoms with Crippen LogP contribution in [-0.4, -0.2) is 56.0 Å². The van der Waals surface area contributed by atoms with Gasteiger partial charge in [-0.3, -0.25) is 4.52 Å². The van der Waals surface area contributed by atoms with Crippen LogP contribution in [0.25, 0.3) is 0 Å². The third kappa shape index (κ3) is 5.09. The largest absolute Gasteiger partial charge is 1.00 e. The van der Waals surface area contributed by atoms with Crippen LogP contribution in [0.2, 0.25) is 0 Å². The fourth-order valence-electron chi connectivity index (χ4n) is 2.06. The summed E-state index contributed by atoms with van der Waals surface area (Å²) >= 11 is 0. The first-order valence-corrected chi connectivity index (χ1v) is 7.68. The molecular formula is C11H16LiNO9P+. The molecule has 2 rings (SSSR count). The molecule has 10 nitrogen and oxygen atoms in total. The van der Waals surface area contributed by atoms with Gasteiger partial charge in [-0.1, -0.05) is 0 Å². The van der Waals surface area contributed by atoms with Crippen LogP contribution >= 0.6 is 7.82 Å². The van der Waals surface area contributed by atoms with Crippen molar-refractivity contribution in [3.63, 3.8) is 0 Å². The van der Waals surface area contributed by atoms with Gasteiger partial charge in [-0.2, -0.15) is 4.57 Å². The average Bonchev–Trinajstić information content (AvgIpc) is 2.72. The second-order valence-corrected chi connectivity index (χ2v) is 5.92. The second kappa shape index (κ2) is 7.85. The molecule has 1 saturated heterocycles. The molecule has 1 fully saturated rings. The molecule has 0 amide bonds. The molecule has 0 saturated carbocycles. The van der Waals surface area contributed by atoms with Gasteiger partial charge in [-0.15, -0.1) is 0 Å². The van der Waals surface area contributed by atoms with Gasteiger partial charge in [0.15, 0.2) is 18.5 Å². The fourth-order valence-corrected chi connectivity index (χ4v) is 2.40. The Hall–Kier alpha value is -0.793. The number of aromatic carboxylic acids is 1. The van der Waals surface area contributed by atoms with E-state index >= 15 is 0 Å². The van der Waals surface area contributed by atoms with E-state index in [0.29, 0.717) is 0 Å². The van der Waals surface area contributed by atoms with Crippen molar-refractivity contribution < 1.29 is 68.6 Å². The zero-order chi connectivity index (χ0) is 16.5. The molecule has 0 radical (unpaired) electrons. The van der Waals surface area contributed by atoms with Crippen LogP contribution in [0, 0.1) is 0 Å². The van der Waals surface area contributed by atoms with Crippen LogP contribution in [0.3, 0.4) is 0 Å². The van der Waals surface area contributed by atoms with Gasteiger partial charge in [0.2, 0.25) is 0 Å². The van der Waals surface area contributed by atoms with Crippen LogP contribution in [0.15, 0.2) is 24.5 Å². The van der Waals surface area contributed by atoms with E-state index in [9.17, 15) is 19.6 Å². The summed E-state index contributed by atoms with van der Waals surface area (Å²) in [4.78, 5) is 28.2. The number of carbonyl (C=O) groups is 1. The number of phosphoric ester groups is 1. The first-order valence-electron chi connectivity index (χ1n) is 6.15. The molecule has 0 unspecified atom stereocenters. The van der Waals surface area contributed by atoms with Crippen LogP contribution in [0.1, 0.15) is 18.0 Å². The predicted octanol–water partition coefficient (Wildman–Crippen LogP) is -4.48. The molecule has 23 heavy (non-hydrogen) atoms. The molecule has 12 heteroatoms. The van der Waals surface area contributed by atoms with Gasteiger partial charge in [0.1, 0.15) is 17.8 Å². The number of hydrogen-bond donors (Lipinski definition) is 5. The number of aliphatic hydroxyl groups excluding tert-OH is 2. The summed E-state index contributed by atoms with van der Waals surface area (Å²) in [6.07, 6.45) is -2.51. The van der Waals surface area contributed by atoms with E-state index in [1.807, 2.05) is 0 Å². The number of carboxylic acid groups (broad SMARTS) is 1. The van der Waals surface area contributed by atoms with E-state index in [-0.39, 0.29) is 25.9 Å². The van der Waals surface area contributed by atoms with Crippen molar-refractivity contribution in [2.24, 2.45) is 0 Å². The third-order valence-electron chi connectivity index (χ3n) is 3.11. The van der Waals surface area contributed by atoms with Crippen molar-refractivity contribution in [3.05, 3.63) is 30.1 Å². The van der Waals surface area contributed by atoms with E-state index in [1.165, 1.54) is 29.1 Å². The number of aromatic nitrogens is 1. The van der Waals surface area contributed by atoms with E-state index in [1.54, 1.807) is 0 Å². The number of rotatable bonds is 5. The molecule has 0 aromatic carbocycles. The van der Waals surface area contributed by atoms with Crippen LogP contribution in [-0.2, 0) is 13.8 Å². The molecular weight excluding hydrogens is 328 g/mol. The number of ether oxygens (including phenoxy) is 1. The maximum Gasteiger partial charge on any atom is 1.00 e. The Labute approximate surface area is 144 Å². The predicted molar refractivity (Wildman–Crippen MR) is 68.6 cm³/mol. The molecule has 4 atom stereocenters. The van der Waals surface area contributed by atoms with Crippen molar-refractivity contribution in [1.29, 1.82) is 0 Å². The molecule has 2 heterocycles. The molecule has 0 aliphatic carbocycles. The third-order valence-corrected chi connectivity index (χ3v) is 3.59. The van der Waals surface area contributed by atoms with Crippen molar-refractivity contribution in [2.75, 3.05) is 6.61 Å². The SMILES string of the molecule is O=C(O)c1ccc[n+]([C@@H]2O[C@H](COP(=O)(O)O)[C@@H](O)[C@H]2O)c1.[H-].[Li+]. The monoisotopic (exact) mass is 344 g/mol. The molecule has 1 aliphatic heterocycles. The van der Waals surface area contributed by atoms with Gasteiger partial charge in [-0.25, -0.2) is 9.36 Å². The summed E-state index contributed by atoms with van der Waals surface area (Å²) in [5.41, 5.74) is -0.0530. The quantitative estimate of drug-likeness (QED) is 0.202. The molecule has 5 N–H and O–H groups in total. The summed E-state index contributed by atoms with van der Waals surface area (Å²) in [6, 6.07) is 2.76. The van der Waals surface area contributed by atoms with Crippen LogP contribution in [0.5, 0.6) is 0 Å². The van der Waals surface area contributed by atoms with Gasteiger partial charge in [0.05, 0.1) is 6.61 Å². The number of nitrogens with zero attached hydrogens (tertiary/aromatic N) is 1. The Morgan fingerprint density at radius 3 is 2.61 bits per heavy atom. The van der Waals surface area contributed by atoms with Crippen molar-refractivity contribution in [3.8, 4) is 0 Å². The maximum atomic E-state index is 10.9. The Morgan fingerprint density at radius 1 is 1.39 bits per heavy atom. The molecule has 0 spiro atoms. The summed E-state index contributed by atoms with van der Waals surface area (Å²) < 4.78 is 21.4. The molecule has 0 bridgehead atoms. The van der Waals surface area contributed by atoms with Gasteiger partial charge < -0.3 is 31.3 Å². The number of hydrogen-bond acceptors (Lipinski definition) is 6. The zero-order valence-corrected chi connectivity index (χ0v) is 13.0. The molecule has 1 aromatic rings. The van der Waals surface area contributed by atoms with E-state index in [2.05, 4.69) is 4.52 Å². The summed E-state index contributed by atoms with van der Waals surface area (Å²) in [5.74, 6) is -1.18. The fraction of sp³-hybridized carbons (Fsp3) is 0.455. The van der Waals surface area contributed by atoms with Crippen LogP contribution in [0.4, 0.5) is 0 Å². The van der Waals surface area contributed by atoms with Crippen molar-refractivity contribution >= 4 is 13.8 Å². The number of aliphatic hydroxyl groups is 2. The molecule has 1 aromatic heterocycles. The molecule has 124 valence electrons. The standard InChI is InChI=1S/C11H14NO9P.Li.H/c13-8-7(5-20-22(17,18)19)21-10(9(8)14)12-3-1-2-6(4-12)11(15)16;;/h1-4,7-10,13-14H,5H2,(H2-,15,16,17,18,19);;/q;+1;-1/p+1/t7-,8-,9-,10-;;/m1../s1. The maximum absolute atomic E-state index is 10.9. The van der Waals surface area contributed by atoms with Gasteiger partial charge in [0, 0.05) is 6.07 Å². The van der Waals surface area contributed by atoms with E-state index in [4.69, 9.17) is 19.6 Å². The average molecular weight is 344 g/mol. The molecule has 1 aliphatic rings. The summed E-state index contributed by atoms with van der Waals surface area (Å²) in [6.45, 7) is -0.627. The Balaban J connectivity index is 0.00000264. The topological polar surface area (TPSA) is 158 Å².